The highest BCUT2D eigenvalue weighted by molar-refractivity contribution is 5.98. The molecule has 1 heterocycles. The maximum absolute atomic E-state index is 11.9. The number of esters is 1. The van der Waals surface area contributed by atoms with Gasteiger partial charge in [-0.2, -0.15) is 0 Å². The molecule has 5 nitrogen and oxygen atoms in total. The SMILES string of the molecule is CCOC(=O)CCN1C(=O)COc2ccc(C)cc21. The first-order valence-electron chi connectivity index (χ1n) is 6.31. The van der Waals surface area contributed by atoms with Crippen molar-refractivity contribution in [3.05, 3.63) is 23.8 Å². The molecule has 1 amide bonds. The smallest absolute Gasteiger partial charge is 0.307 e. The summed E-state index contributed by atoms with van der Waals surface area (Å²) < 4.78 is 10.2. The Labute approximate surface area is 112 Å². The molecular weight excluding hydrogens is 246 g/mol. The lowest BCUT2D eigenvalue weighted by molar-refractivity contribution is -0.142. The first-order valence-corrected chi connectivity index (χ1v) is 6.31. The number of aryl methyl sites for hydroxylation is 1. The molecule has 0 fully saturated rings. The summed E-state index contributed by atoms with van der Waals surface area (Å²) in [5.41, 5.74) is 1.76. The average molecular weight is 263 g/mol. The van der Waals surface area contributed by atoms with Crippen LogP contribution in [0.3, 0.4) is 0 Å². The van der Waals surface area contributed by atoms with Crippen molar-refractivity contribution in [2.45, 2.75) is 20.3 Å². The molecule has 19 heavy (non-hydrogen) atoms. The number of rotatable bonds is 4. The summed E-state index contributed by atoms with van der Waals surface area (Å²) in [6.45, 7) is 4.39. The summed E-state index contributed by atoms with van der Waals surface area (Å²) in [6.07, 6.45) is 0.187. The highest BCUT2D eigenvalue weighted by atomic mass is 16.5. The van der Waals surface area contributed by atoms with Crippen molar-refractivity contribution >= 4 is 17.6 Å². The monoisotopic (exact) mass is 263 g/mol. The van der Waals surface area contributed by atoms with Crippen LogP contribution in [0.25, 0.3) is 0 Å². The molecule has 2 rings (SSSR count). The second-order valence-corrected chi connectivity index (χ2v) is 4.36. The third-order valence-corrected chi connectivity index (χ3v) is 2.90. The summed E-state index contributed by atoms with van der Waals surface area (Å²) >= 11 is 0. The molecule has 0 bridgehead atoms. The number of carbonyl (C=O) groups excluding carboxylic acids is 2. The van der Waals surface area contributed by atoms with Crippen molar-refractivity contribution in [3.63, 3.8) is 0 Å². The Morgan fingerprint density at radius 1 is 1.47 bits per heavy atom. The number of ether oxygens (including phenoxy) is 2. The molecule has 1 aromatic rings. The Kier molecular flexibility index (Phi) is 4.04. The van der Waals surface area contributed by atoms with Crippen LogP contribution in [0.2, 0.25) is 0 Å². The van der Waals surface area contributed by atoms with Gasteiger partial charge in [-0.05, 0) is 31.5 Å². The van der Waals surface area contributed by atoms with E-state index in [1.807, 2.05) is 25.1 Å². The van der Waals surface area contributed by atoms with Crippen LogP contribution in [0.4, 0.5) is 5.69 Å². The van der Waals surface area contributed by atoms with E-state index in [1.165, 1.54) is 0 Å². The van der Waals surface area contributed by atoms with Gasteiger partial charge in [0.15, 0.2) is 6.61 Å². The minimum absolute atomic E-state index is 0.0128. The van der Waals surface area contributed by atoms with Gasteiger partial charge in [0, 0.05) is 6.54 Å². The van der Waals surface area contributed by atoms with Crippen LogP contribution in [0.15, 0.2) is 18.2 Å². The molecule has 0 radical (unpaired) electrons. The van der Waals surface area contributed by atoms with E-state index >= 15 is 0 Å². The molecule has 1 aliphatic heterocycles. The minimum Gasteiger partial charge on any atom is -0.482 e. The maximum Gasteiger partial charge on any atom is 0.307 e. The number of benzene rings is 1. The van der Waals surface area contributed by atoms with Crippen LogP contribution in [-0.2, 0) is 14.3 Å². The first-order chi connectivity index (χ1) is 9.11. The number of fused-ring (bicyclic) bond motifs is 1. The van der Waals surface area contributed by atoms with Gasteiger partial charge in [-0.1, -0.05) is 6.07 Å². The zero-order chi connectivity index (χ0) is 13.8. The van der Waals surface area contributed by atoms with Crippen LogP contribution in [0.5, 0.6) is 5.75 Å². The number of amides is 1. The van der Waals surface area contributed by atoms with Gasteiger partial charge in [-0.15, -0.1) is 0 Å². The van der Waals surface area contributed by atoms with E-state index in [9.17, 15) is 9.59 Å². The average Bonchev–Trinajstić information content (AvgIpc) is 2.38. The second kappa shape index (κ2) is 5.73. The standard InChI is InChI=1S/C14H17NO4/c1-3-18-14(17)6-7-15-11-8-10(2)4-5-12(11)19-9-13(15)16/h4-5,8H,3,6-7,9H2,1-2H3. The van der Waals surface area contributed by atoms with Gasteiger partial charge in [0.05, 0.1) is 18.7 Å². The largest absolute Gasteiger partial charge is 0.482 e. The van der Waals surface area contributed by atoms with E-state index in [2.05, 4.69) is 0 Å². The summed E-state index contributed by atoms with van der Waals surface area (Å²) in [6, 6.07) is 5.66. The second-order valence-electron chi connectivity index (χ2n) is 4.36. The van der Waals surface area contributed by atoms with Crippen LogP contribution in [0, 0.1) is 6.92 Å². The summed E-state index contributed by atoms with van der Waals surface area (Å²) in [7, 11) is 0. The highest BCUT2D eigenvalue weighted by Gasteiger charge is 2.25. The van der Waals surface area contributed by atoms with Crippen molar-refractivity contribution in [3.8, 4) is 5.75 Å². The Bertz CT molecular complexity index is 498. The third kappa shape index (κ3) is 3.05. The van der Waals surface area contributed by atoms with Crippen molar-refractivity contribution in [2.75, 3.05) is 24.7 Å². The number of nitrogens with zero attached hydrogens (tertiary/aromatic N) is 1. The predicted molar refractivity (Wildman–Crippen MR) is 70.3 cm³/mol. The molecule has 0 unspecified atom stereocenters. The van der Waals surface area contributed by atoms with Gasteiger partial charge in [0.1, 0.15) is 5.75 Å². The topological polar surface area (TPSA) is 55.8 Å². The lowest BCUT2D eigenvalue weighted by Gasteiger charge is -2.29. The zero-order valence-corrected chi connectivity index (χ0v) is 11.1. The molecule has 0 atom stereocenters. The molecule has 1 aromatic carbocycles. The van der Waals surface area contributed by atoms with Gasteiger partial charge in [-0.25, -0.2) is 0 Å². The van der Waals surface area contributed by atoms with Crippen molar-refractivity contribution in [1.29, 1.82) is 0 Å². The highest BCUT2D eigenvalue weighted by Crippen LogP contribution is 2.32. The maximum atomic E-state index is 11.9. The van der Waals surface area contributed by atoms with Gasteiger partial charge < -0.3 is 14.4 Å². The summed E-state index contributed by atoms with van der Waals surface area (Å²) in [5, 5.41) is 0. The third-order valence-electron chi connectivity index (χ3n) is 2.90. The number of carbonyl (C=O) groups is 2. The Hall–Kier alpha value is -2.04. The molecule has 5 heteroatoms. The minimum atomic E-state index is -0.295. The molecule has 0 saturated heterocycles. The molecule has 0 N–H and O–H groups in total. The molecule has 0 aromatic heterocycles. The number of hydrogen-bond donors (Lipinski definition) is 0. The fraction of sp³-hybridized carbons (Fsp3) is 0.429. The fourth-order valence-corrected chi connectivity index (χ4v) is 1.99. The van der Waals surface area contributed by atoms with Crippen molar-refractivity contribution in [2.24, 2.45) is 0 Å². The summed E-state index contributed by atoms with van der Waals surface area (Å²) in [4.78, 5) is 24.9. The Balaban J connectivity index is 2.14. The van der Waals surface area contributed by atoms with Gasteiger partial charge in [0.25, 0.3) is 5.91 Å². The van der Waals surface area contributed by atoms with E-state index in [4.69, 9.17) is 9.47 Å². The van der Waals surface area contributed by atoms with E-state index in [0.717, 1.165) is 11.3 Å². The van der Waals surface area contributed by atoms with Crippen LogP contribution >= 0.6 is 0 Å². The van der Waals surface area contributed by atoms with Crippen LogP contribution in [-0.4, -0.2) is 31.6 Å². The lowest BCUT2D eigenvalue weighted by atomic mass is 10.1. The number of hydrogen-bond acceptors (Lipinski definition) is 4. The molecule has 1 aliphatic rings. The fourth-order valence-electron chi connectivity index (χ4n) is 1.99. The van der Waals surface area contributed by atoms with Crippen molar-refractivity contribution in [1.82, 2.24) is 0 Å². The summed E-state index contributed by atoms with van der Waals surface area (Å²) in [5.74, 6) is 0.243. The first kappa shape index (κ1) is 13.4. The van der Waals surface area contributed by atoms with E-state index in [0.29, 0.717) is 18.9 Å². The number of anilines is 1. The quantitative estimate of drug-likeness (QED) is 0.775. The molecular formula is C14H17NO4. The lowest BCUT2D eigenvalue weighted by Crippen LogP contribution is -2.40. The Morgan fingerprint density at radius 2 is 2.26 bits per heavy atom. The van der Waals surface area contributed by atoms with Crippen LogP contribution in [0.1, 0.15) is 18.9 Å². The van der Waals surface area contributed by atoms with Crippen molar-refractivity contribution < 1.29 is 19.1 Å². The normalized spacial score (nSPS) is 13.8. The molecule has 0 spiro atoms. The molecule has 0 saturated carbocycles. The van der Waals surface area contributed by atoms with Gasteiger partial charge in [0.2, 0.25) is 0 Å². The van der Waals surface area contributed by atoms with Crippen LogP contribution < -0.4 is 9.64 Å². The molecule has 102 valence electrons. The van der Waals surface area contributed by atoms with Gasteiger partial charge >= 0.3 is 5.97 Å². The van der Waals surface area contributed by atoms with E-state index in [1.54, 1.807) is 11.8 Å². The molecule has 0 aliphatic carbocycles. The zero-order valence-electron chi connectivity index (χ0n) is 11.1. The Morgan fingerprint density at radius 3 is 3.00 bits per heavy atom. The predicted octanol–water partition coefficient (Wildman–Crippen LogP) is 1.67. The van der Waals surface area contributed by atoms with E-state index in [-0.39, 0.29) is 24.9 Å². The van der Waals surface area contributed by atoms with Gasteiger partial charge in [-0.3, -0.25) is 9.59 Å². The van der Waals surface area contributed by atoms with E-state index < -0.39 is 0 Å².